The first-order chi connectivity index (χ1) is 20.2. The highest BCUT2D eigenvalue weighted by Crippen LogP contribution is 2.33. The van der Waals surface area contributed by atoms with Crippen LogP contribution in [-0.2, 0) is 27.6 Å². The molecule has 2 aromatic heterocycles. The van der Waals surface area contributed by atoms with Gasteiger partial charge in [-0.2, -0.15) is 26.3 Å². The normalized spacial score (nSPS) is 14.4. The molecule has 0 bridgehead atoms. The fourth-order valence-corrected chi connectivity index (χ4v) is 3.95. The first kappa shape index (κ1) is 31.4. The Bertz CT molecular complexity index is 1540. The Morgan fingerprint density at radius 1 is 0.721 bits per heavy atom. The van der Waals surface area contributed by atoms with Crippen molar-refractivity contribution in [1.29, 1.82) is 0 Å². The monoisotopic (exact) mass is 604 g/mol. The summed E-state index contributed by atoms with van der Waals surface area (Å²) in [6.07, 6.45) is -5.82. The van der Waals surface area contributed by atoms with E-state index in [1.54, 1.807) is 31.2 Å². The van der Waals surface area contributed by atoms with E-state index in [4.69, 9.17) is 9.47 Å². The zero-order valence-electron chi connectivity index (χ0n) is 22.9. The number of alkyl halides is 6. The van der Waals surface area contributed by atoms with E-state index < -0.39 is 29.3 Å². The summed E-state index contributed by atoms with van der Waals surface area (Å²) in [5.41, 5.74) is 1.22. The number of anilines is 4. The second-order valence-electron chi connectivity index (χ2n) is 9.47. The number of pyridine rings is 2. The molecule has 226 valence electrons. The molecule has 4 aromatic rings. The number of carbonyl (C=O) groups is 1. The predicted molar refractivity (Wildman–Crippen MR) is 147 cm³/mol. The Labute approximate surface area is 242 Å². The van der Waals surface area contributed by atoms with Crippen molar-refractivity contribution in [3.8, 4) is 0 Å². The highest BCUT2D eigenvalue weighted by molar-refractivity contribution is 5.92. The van der Waals surface area contributed by atoms with Crippen molar-refractivity contribution >= 4 is 28.5 Å². The van der Waals surface area contributed by atoms with Gasteiger partial charge < -0.3 is 20.1 Å². The first-order valence-corrected chi connectivity index (χ1v) is 12.8. The minimum absolute atomic E-state index is 0.171. The van der Waals surface area contributed by atoms with E-state index in [9.17, 15) is 31.1 Å². The van der Waals surface area contributed by atoms with Gasteiger partial charge in [-0.1, -0.05) is 12.1 Å². The lowest BCUT2D eigenvalue weighted by molar-refractivity contribution is -0.152. The largest absolute Gasteiger partial charge is 0.416 e. The van der Waals surface area contributed by atoms with Crippen molar-refractivity contribution < 1.29 is 40.6 Å². The molecule has 0 saturated carbocycles. The summed E-state index contributed by atoms with van der Waals surface area (Å²) in [5, 5.41) is 5.71. The molecule has 7 nitrogen and oxygen atoms in total. The number of carbonyl (C=O) groups excluding carboxylic acids is 1. The van der Waals surface area contributed by atoms with Gasteiger partial charge in [0, 0.05) is 18.3 Å². The molecule has 0 unspecified atom stereocenters. The minimum atomic E-state index is -4.38. The summed E-state index contributed by atoms with van der Waals surface area (Å²) in [7, 11) is 0. The lowest BCUT2D eigenvalue weighted by Crippen LogP contribution is -2.23. The number of halogens is 6. The third kappa shape index (κ3) is 8.52. The van der Waals surface area contributed by atoms with Crippen LogP contribution in [0.2, 0.25) is 0 Å². The van der Waals surface area contributed by atoms with Crippen LogP contribution in [0.25, 0.3) is 0 Å². The lowest BCUT2D eigenvalue weighted by Gasteiger charge is -2.21. The third-order valence-electron chi connectivity index (χ3n) is 6.15. The van der Waals surface area contributed by atoms with Crippen LogP contribution in [-0.4, -0.2) is 29.0 Å². The molecular formula is C30H26F6N4O3. The molecule has 5 rings (SSSR count). The van der Waals surface area contributed by atoms with Crippen LogP contribution in [0.15, 0.2) is 85.2 Å². The van der Waals surface area contributed by atoms with E-state index in [0.717, 1.165) is 24.3 Å². The van der Waals surface area contributed by atoms with E-state index >= 15 is 0 Å². The molecule has 3 heterocycles. The maximum atomic E-state index is 12.7. The Hall–Kier alpha value is -4.49. The molecule has 0 atom stereocenters. The first-order valence-electron chi connectivity index (χ1n) is 12.8. The SMILES string of the molecule is CC(=O)c1ccc(Nc2cccc(C(F)(F)F)c2)cn1.CC1(c2ccc(Nc3cccc(C(F)(F)F)c3)cn2)OCCO1. The number of Topliss-reactive ketones (excluding diaryl/α,β-unsaturated/α-hetero) is 1. The van der Waals surface area contributed by atoms with Gasteiger partial charge in [-0.05, 0) is 67.6 Å². The zero-order chi connectivity index (χ0) is 31.3. The standard InChI is InChI=1S/C16H15F3N2O2.C14H11F3N2O/c1-15(22-7-8-23-15)14-6-5-13(10-20-14)21-12-4-2-3-11(9-12)16(17,18)19;1-9(20)13-6-5-12(8-18-13)19-11-4-2-3-10(7-11)14(15,16)17/h2-6,9-10,21H,7-8H2,1H3;2-8,19H,1H3. The summed E-state index contributed by atoms with van der Waals surface area (Å²) in [5.74, 6) is -1.04. The van der Waals surface area contributed by atoms with E-state index in [2.05, 4.69) is 20.6 Å². The molecule has 1 aliphatic rings. The number of aromatic nitrogens is 2. The Kier molecular flexibility index (Phi) is 9.36. The number of hydrogen-bond donors (Lipinski definition) is 2. The van der Waals surface area contributed by atoms with Gasteiger partial charge in [-0.25, -0.2) is 0 Å². The van der Waals surface area contributed by atoms with Crippen LogP contribution in [0.5, 0.6) is 0 Å². The second kappa shape index (κ2) is 12.8. The average molecular weight is 605 g/mol. The number of nitrogens with zero attached hydrogens (tertiary/aromatic N) is 2. The minimum Gasteiger partial charge on any atom is -0.354 e. The van der Waals surface area contributed by atoms with Crippen LogP contribution in [0, 0.1) is 0 Å². The molecule has 2 N–H and O–H groups in total. The summed E-state index contributed by atoms with van der Waals surface area (Å²) < 4.78 is 86.8. The zero-order valence-corrected chi connectivity index (χ0v) is 22.9. The summed E-state index contributed by atoms with van der Waals surface area (Å²) >= 11 is 0. The maximum absolute atomic E-state index is 12.7. The van der Waals surface area contributed by atoms with Gasteiger partial charge in [-0.3, -0.25) is 14.8 Å². The number of benzene rings is 2. The van der Waals surface area contributed by atoms with Gasteiger partial charge in [0.05, 0.1) is 53.8 Å². The topological polar surface area (TPSA) is 85.4 Å². The van der Waals surface area contributed by atoms with Gasteiger partial charge >= 0.3 is 12.4 Å². The molecule has 2 aromatic carbocycles. The van der Waals surface area contributed by atoms with Crippen molar-refractivity contribution in [2.24, 2.45) is 0 Å². The molecule has 13 heteroatoms. The molecular weight excluding hydrogens is 578 g/mol. The number of rotatable bonds is 6. The fourth-order valence-electron chi connectivity index (χ4n) is 3.95. The second-order valence-corrected chi connectivity index (χ2v) is 9.47. The van der Waals surface area contributed by atoms with Crippen molar-refractivity contribution in [2.75, 3.05) is 23.8 Å². The number of hydrogen-bond acceptors (Lipinski definition) is 7. The van der Waals surface area contributed by atoms with Crippen LogP contribution in [0.3, 0.4) is 0 Å². The molecule has 1 saturated heterocycles. The molecule has 0 radical (unpaired) electrons. The molecule has 43 heavy (non-hydrogen) atoms. The third-order valence-corrected chi connectivity index (χ3v) is 6.15. The van der Waals surface area contributed by atoms with Crippen molar-refractivity contribution in [3.63, 3.8) is 0 Å². The highest BCUT2D eigenvalue weighted by Gasteiger charge is 2.34. The van der Waals surface area contributed by atoms with Crippen LogP contribution < -0.4 is 10.6 Å². The lowest BCUT2D eigenvalue weighted by atomic mass is 10.2. The molecule has 0 aliphatic carbocycles. The Morgan fingerprint density at radius 3 is 1.60 bits per heavy atom. The summed E-state index contributed by atoms with van der Waals surface area (Å²) in [4.78, 5) is 19.2. The van der Waals surface area contributed by atoms with Gasteiger partial charge in [0.1, 0.15) is 5.69 Å². The van der Waals surface area contributed by atoms with Gasteiger partial charge in [0.25, 0.3) is 0 Å². The highest BCUT2D eigenvalue weighted by atomic mass is 19.4. The van der Waals surface area contributed by atoms with Crippen molar-refractivity contribution in [3.05, 3.63) is 108 Å². The van der Waals surface area contributed by atoms with E-state index in [0.29, 0.717) is 47.4 Å². The van der Waals surface area contributed by atoms with Gasteiger partial charge in [0.2, 0.25) is 5.79 Å². The number of nitrogens with one attached hydrogen (secondary N) is 2. The Morgan fingerprint density at radius 2 is 1.21 bits per heavy atom. The maximum Gasteiger partial charge on any atom is 0.416 e. The molecule has 0 spiro atoms. The average Bonchev–Trinajstić information content (AvgIpc) is 3.41. The number of ketones is 1. The summed E-state index contributed by atoms with van der Waals surface area (Å²) in [6.45, 7) is 4.18. The number of ether oxygens (including phenoxy) is 2. The predicted octanol–water partition coefficient (Wildman–Crippen LogP) is 8.11. The van der Waals surface area contributed by atoms with E-state index in [1.807, 2.05) is 0 Å². The smallest absolute Gasteiger partial charge is 0.354 e. The van der Waals surface area contributed by atoms with Gasteiger partial charge in [-0.15, -0.1) is 0 Å². The molecule has 1 aliphatic heterocycles. The quantitative estimate of drug-likeness (QED) is 0.170. The van der Waals surface area contributed by atoms with Gasteiger partial charge in [0.15, 0.2) is 5.78 Å². The summed E-state index contributed by atoms with van der Waals surface area (Å²) in [6, 6.07) is 16.4. The molecule has 1 fully saturated rings. The van der Waals surface area contributed by atoms with Crippen LogP contribution in [0.1, 0.15) is 41.2 Å². The Balaban J connectivity index is 0.000000199. The molecule has 0 amide bonds. The van der Waals surface area contributed by atoms with E-state index in [-0.39, 0.29) is 5.78 Å². The fraction of sp³-hybridized carbons (Fsp3) is 0.233. The van der Waals surface area contributed by atoms with Crippen LogP contribution in [0.4, 0.5) is 49.1 Å². The van der Waals surface area contributed by atoms with Crippen molar-refractivity contribution in [1.82, 2.24) is 9.97 Å². The van der Waals surface area contributed by atoms with Crippen LogP contribution >= 0.6 is 0 Å². The van der Waals surface area contributed by atoms with Crippen molar-refractivity contribution in [2.45, 2.75) is 32.0 Å². The van der Waals surface area contributed by atoms with E-state index in [1.165, 1.54) is 43.6 Å².